The van der Waals surface area contributed by atoms with Crippen LogP contribution in [0, 0.1) is 11.3 Å². The number of carbonyl (C=O) groups excluding carboxylic acids is 2. The van der Waals surface area contributed by atoms with Gasteiger partial charge in [-0.3, -0.25) is 9.69 Å². The van der Waals surface area contributed by atoms with Crippen molar-refractivity contribution < 1.29 is 27.3 Å². The van der Waals surface area contributed by atoms with Crippen molar-refractivity contribution in [2.45, 2.75) is 24.0 Å². The summed E-state index contributed by atoms with van der Waals surface area (Å²) in [5.41, 5.74) is 5.00. The molecule has 1 aliphatic heterocycles. The van der Waals surface area contributed by atoms with Gasteiger partial charge in [0.25, 0.3) is 0 Å². The van der Waals surface area contributed by atoms with Gasteiger partial charge in [-0.1, -0.05) is 12.1 Å². The summed E-state index contributed by atoms with van der Waals surface area (Å²) in [6.45, 7) is 1.39. The fraction of sp³-hybridized carbons (Fsp3) is 0.150. The summed E-state index contributed by atoms with van der Waals surface area (Å²) in [4.78, 5) is 26.3. The van der Waals surface area contributed by atoms with Crippen LogP contribution in [0.4, 0.5) is 23.7 Å². The van der Waals surface area contributed by atoms with Gasteiger partial charge in [0, 0.05) is 22.6 Å². The molecule has 0 unspecified atom stereocenters. The molecule has 1 aliphatic rings. The molecule has 7 nitrogen and oxygen atoms in total. The Labute approximate surface area is 179 Å². The van der Waals surface area contributed by atoms with E-state index in [1.54, 1.807) is 0 Å². The fourth-order valence-electron chi connectivity index (χ4n) is 3.35. The summed E-state index contributed by atoms with van der Waals surface area (Å²) in [7, 11) is 0. The molecule has 0 fully saturated rings. The number of nitrogens with one attached hydrogen (secondary N) is 1. The van der Waals surface area contributed by atoms with Crippen molar-refractivity contribution in [1.82, 2.24) is 5.32 Å². The van der Waals surface area contributed by atoms with E-state index in [2.05, 4.69) is 5.32 Å². The molecule has 0 saturated heterocycles. The number of allylic oxidation sites excluding steroid dienone is 1. The summed E-state index contributed by atoms with van der Waals surface area (Å²) in [6, 6.07) is 8.43. The number of urea groups is 1. The highest BCUT2D eigenvalue weighted by atomic mass is 32.2. The maximum Gasteiger partial charge on any atom is 0.416 e. The van der Waals surface area contributed by atoms with Gasteiger partial charge >= 0.3 is 12.2 Å². The minimum atomic E-state index is -4.62. The minimum Gasteiger partial charge on any atom is -0.366 e. The van der Waals surface area contributed by atoms with Crippen molar-refractivity contribution in [1.29, 1.82) is 5.26 Å². The maximum absolute atomic E-state index is 13.1. The average Bonchev–Trinajstić information content (AvgIpc) is 2.72. The van der Waals surface area contributed by atoms with Crippen molar-refractivity contribution >= 4 is 29.7 Å². The molecule has 3 amide bonds. The summed E-state index contributed by atoms with van der Waals surface area (Å²) in [5.74, 6) is -0.905. The van der Waals surface area contributed by atoms with E-state index in [-0.39, 0.29) is 27.4 Å². The largest absolute Gasteiger partial charge is 0.416 e. The van der Waals surface area contributed by atoms with Crippen molar-refractivity contribution in [3.05, 3.63) is 70.4 Å². The molecule has 11 heteroatoms. The highest BCUT2D eigenvalue weighted by molar-refractivity contribution is 7.93. The van der Waals surface area contributed by atoms with Crippen LogP contribution in [-0.2, 0) is 11.0 Å². The summed E-state index contributed by atoms with van der Waals surface area (Å²) in [5, 5.41) is 11.6. The van der Waals surface area contributed by atoms with E-state index in [1.807, 2.05) is 6.07 Å². The first-order valence-electron chi connectivity index (χ1n) is 8.72. The molecule has 2 aromatic carbocycles. The van der Waals surface area contributed by atoms with Crippen LogP contribution >= 0.6 is 12.0 Å². The van der Waals surface area contributed by atoms with Crippen molar-refractivity contribution in [3.63, 3.8) is 0 Å². The van der Waals surface area contributed by atoms with Crippen LogP contribution in [0.5, 0.6) is 0 Å². The lowest BCUT2D eigenvalue weighted by atomic mass is 9.93. The molecule has 1 heterocycles. The third-order valence-electron chi connectivity index (χ3n) is 4.73. The molecule has 0 saturated carbocycles. The topological polar surface area (TPSA) is 119 Å². The van der Waals surface area contributed by atoms with Crippen LogP contribution in [0.15, 0.2) is 58.6 Å². The summed E-state index contributed by atoms with van der Waals surface area (Å²) in [6.07, 6.45) is -4.62. The summed E-state index contributed by atoms with van der Waals surface area (Å²) < 4.78 is 48.9. The second kappa shape index (κ2) is 8.33. The van der Waals surface area contributed by atoms with Crippen LogP contribution < -0.4 is 16.0 Å². The lowest BCUT2D eigenvalue weighted by molar-refractivity contribution is -0.137. The van der Waals surface area contributed by atoms with Crippen LogP contribution in [0.2, 0.25) is 0 Å². The quantitative estimate of drug-likeness (QED) is 0.607. The minimum absolute atomic E-state index is 0.0406. The Morgan fingerprint density at radius 1 is 1.29 bits per heavy atom. The van der Waals surface area contributed by atoms with Crippen LogP contribution in [0.25, 0.3) is 0 Å². The first-order chi connectivity index (χ1) is 14.6. The number of alkyl halides is 3. The molecule has 0 aromatic heterocycles. The Hall–Kier alpha value is -3.49. The van der Waals surface area contributed by atoms with E-state index in [9.17, 15) is 27.3 Å². The number of nitriles is 1. The predicted molar refractivity (Wildman–Crippen MR) is 107 cm³/mol. The SMILES string of the molecule is CC1=C(C(N)=O)[C@@H](c2ccc(C#N)cc2SO)NC(=O)N1c1cccc(C(F)(F)F)c1. The Kier molecular flexibility index (Phi) is 5.97. The first kappa shape index (κ1) is 22.2. The average molecular weight is 448 g/mol. The molecule has 0 radical (unpaired) electrons. The number of benzene rings is 2. The number of halogens is 3. The lowest BCUT2D eigenvalue weighted by Gasteiger charge is -2.35. The zero-order valence-electron chi connectivity index (χ0n) is 15.9. The van der Waals surface area contributed by atoms with Gasteiger partial charge in [0.2, 0.25) is 5.91 Å². The van der Waals surface area contributed by atoms with E-state index in [4.69, 9.17) is 11.0 Å². The van der Waals surface area contributed by atoms with Gasteiger partial charge in [-0.15, -0.1) is 0 Å². The van der Waals surface area contributed by atoms with Gasteiger partial charge in [0.05, 0.1) is 34.5 Å². The molecule has 3 rings (SSSR count). The van der Waals surface area contributed by atoms with Gasteiger partial charge < -0.3 is 15.6 Å². The Balaban J connectivity index is 2.16. The molecule has 160 valence electrons. The van der Waals surface area contributed by atoms with E-state index in [1.165, 1.54) is 31.2 Å². The van der Waals surface area contributed by atoms with Gasteiger partial charge in [0.1, 0.15) is 0 Å². The number of hydrogen-bond donors (Lipinski definition) is 3. The zero-order valence-corrected chi connectivity index (χ0v) is 16.7. The second-order valence-corrected chi connectivity index (χ2v) is 7.21. The summed E-state index contributed by atoms with van der Waals surface area (Å²) >= 11 is 0.321. The van der Waals surface area contributed by atoms with Crippen molar-refractivity contribution in [2.75, 3.05) is 4.90 Å². The second-order valence-electron chi connectivity index (χ2n) is 6.59. The van der Waals surface area contributed by atoms with Gasteiger partial charge in [-0.25, -0.2) is 4.79 Å². The molecule has 31 heavy (non-hydrogen) atoms. The van der Waals surface area contributed by atoms with E-state index >= 15 is 0 Å². The molecule has 2 aromatic rings. The number of primary amides is 1. The number of rotatable bonds is 4. The molecule has 0 aliphatic carbocycles. The van der Waals surface area contributed by atoms with Crippen LogP contribution in [-0.4, -0.2) is 16.5 Å². The normalized spacial score (nSPS) is 16.7. The van der Waals surface area contributed by atoms with Gasteiger partial charge in [-0.2, -0.15) is 18.4 Å². The fourth-order valence-corrected chi connectivity index (χ4v) is 3.82. The number of nitrogens with two attached hydrogens (primary N) is 1. The Bertz CT molecular complexity index is 1140. The number of amides is 3. The Morgan fingerprint density at radius 2 is 2.00 bits per heavy atom. The number of nitrogens with zero attached hydrogens (tertiary/aromatic N) is 2. The highest BCUT2D eigenvalue weighted by Gasteiger charge is 2.38. The first-order valence-corrected chi connectivity index (χ1v) is 9.49. The number of anilines is 1. The third-order valence-corrected chi connectivity index (χ3v) is 5.28. The molecule has 0 bridgehead atoms. The third kappa shape index (κ3) is 4.21. The standard InChI is InChI=1S/C20H15F3N4O3S/c1-10-16(18(25)28)17(14-6-5-11(9-24)7-15(14)31-30)26-19(29)27(10)13-4-2-3-12(8-13)20(21,22)23/h2-8,17,30H,1H3,(H2,25,28)(H,26,29)/t17-/m1/s1. The lowest BCUT2D eigenvalue weighted by Crippen LogP contribution is -2.49. The zero-order chi connectivity index (χ0) is 22.9. The van der Waals surface area contributed by atoms with Crippen molar-refractivity contribution in [2.24, 2.45) is 5.73 Å². The molecule has 1 atom stereocenters. The molecular weight excluding hydrogens is 433 g/mol. The van der Waals surface area contributed by atoms with Crippen molar-refractivity contribution in [3.8, 4) is 6.07 Å². The smallest absolute Gasteiger partial charge is 0.366 e. The molecule has 0 spiro atoms. The predicted octanol–water partition coefficient (Wildman–Crippen LogP) is 4.17. The number of carbonyl (C=O) groups is 2. The van der Waals surface area contributed by atoms with Gasteiger partial charge in [0.15, 0.2) is 0 Å². The van der Waals surface area contributed by atoms with Gasteiger partial charge in [-0.05, 0) is 42.8 Å². The molecule has 4 N–H and O–H groups in total. The Morgan fingerprint density at radius 3 is 2.58 bits per heavy atom. The number of hydrogen-bond acceptors (Lipinski definition) is 5. The molecular formula is C20H15F3N4O3S. The maximum atomic E-state index is 13.1. The van der Waals surface area contributed by atoms with Crippen LogP contribution in [0.1, 0.15) is 29.7 Å². The van der Waals surface area contributed by atoms with E-state index in [0.717, 1.165) is 23.1 Å². The highest BCUT2D eigenvalue weighted by Crippen LogP contribution is 2.38. The van der Waals surface area contributed by atoms with E-state index < -0.39 is 29.7 Å². The van der Waals surface area contributed by atoms with E-state index in [0.29, 0.717) is 17.6 Å². The monoisotopic (exact) mass is 448 g/mol. The van der Waals surface area contributed by atoms with Crippen LogP contribution in [0.3, 0.4) is 0 Å².